The largest absolute Gasteiger partial charge is 0.465 e. The van der Waals surface area contributed by atoms with Gasteiger partial charge in [0, 0.05) is 18.8 Å². The number of nitrogens with one attached hydrogen (secondary N) is 1. The molecule has 0 unspecified atom stereocenters. The van der Waals surface area contributed by atoms with E-state index in [4.69, 9.17) is 0 Å². The van der Waals surface area contributed by atoms with Crippen molar-refractivity contribution in [2.75, 3.05) is 23.8 Å². The van der Waals surface area contributed by atoms with Gasteiger partial charge in [-0.05, 0) is 23.6 Å². The molecule has 1 N–H and O–H groups in total. The maximum absolute atomic E-state index is 12.6. The standard InChI is InChI=1S/C16H14N2O5S2/c1-18-12-6-4-3-5-10(12)14(19)13(25(18,21)22)9-17-11-7-8-24-15(11)16(20)23-2/h3-9,17H,1-2H3/b13-9-. The highest BCUT2D eigenvalue weighted by Gasteiger charge is 2.37. The molecule has 1 aliphatic rings. The molecule has 0 radical (unpaired) electrons. The number of methoxy groups -OCH3 is 1. The fourth-order valence-electron chi connectivity index (χ4n) is 2.42. The van der Waals surface area contributed by atoms with Crippen LogP contribution in [0, 0.1) is 0 Å². The Kier molecular flexibility index (Phi) is 4.36. The molecule has 25 heavy (non-hydrogen) atoms. The zero-order valence-corrected chi connectivity index (χ0v) is 15.0. The topological polar surface area (TPSA) is 92.8 Å². The fourth-order valence-corrected chi connectivity index (χ4v) is 4.46. The summed E-state index contributed by atoms with van der Waals surface area (Å²) in [5, 5.41) is 4.39. The Bertz CT molecular complexity index is 991. The van der Waals surface area contributed by atoms with Crippen molar-refractivity contribution in [3.05, 3.63) is 57.3 Å². The van der Waals surface area contributed by atoms with Crippen LogP contribution in [0.25, 0.3) is 0 Å². The number of rotatable bonds is 3. The molecular weight excluding hydrogens is 364 g/mol. The quantitative estimate of drug-likeness (QED) is 0.651. The summed E-state index contributed by atoms with van der Waals surface area (Å²) in [6.45, 7) is 0. The summed E-state index contributed by atoms with van der Waals surface area (Å²) in [6, 6.07) is 8.08. The number of Topliss-reactive ketones (excluding diaryl/α,β-unsaturated/α-hetero) is 1. The minimum atomic E-state index is -3.99. The van der Waals surface area contributed by atoms with Gasteiger partial charge in [-0.3, -0.25) is 9.10 Å². The molecule has 0 saturated carbocycles. The van der Waals surface area contributed by atoms with Gasteiger partial charge in [-0.15, -0.1) is 11.3 Å². The number of esters is 1. The number of thiophene rings is 1. The van der Waals surface area contributed by atoms with Crippen molar-refractivity contribution in [3.8, 4) is 0 Å². The number of ketones is 1. The van der Waals surface area contributed by atoms with E-state index in [0.717, 1.165) is 21.8 Å². The van der Waals surface area contributed by atoms with Crippen molar-refractivity contribution in [2.45, 2.75) is 0 Å². The van der Waals surface area contributed by atoms with E-state index in [2.05, 4.69) is 10.1 Å². The van der Waals surface area contributed by atoms with E-state index in [0.29, 0.717) is 16.9 Å². The number of anilines is 2. The predicted octanol–water partition coefficient (Wildman–Crippen LogP) is 2.45. The number of carbonyl (C=O) groups excluding carboxylic acids is 2. The summed E-state index contributed by atoms with van der Waals surface area (Å²) in [6.07, 6.45) is 1.11. The first-order valence-corrected chi connectivity index (χ1v) is 9.45. The average Bonchev–Trinajstić information content (AvgIpc) is 3.07. The Hall–Kier alpha value is -2.65. The third-order valence-electron chi connectivity index (χ3n) is 3.74. The number of benzene rings is 1. The van der Waals surface area contributed by atoms with Gasteiger partial charge < -0.3 is 10.1 Å². The number of allylic oxidation sites excluding steroid dienone is 1. The lowest BCUT2D eigenvalue weighted by molar-refractivity contribution is 0.0607. The Labute approximate surface area is 148 Å². The lowest BCUT2D eigenvalue weighted by atomic mass is 10.1. The SMILES string of the molecule is COC(=O)c1sccc1N/C=C1/C(=O)c2ccccc2N(C)S1(=O)=O. The Morgan fingerprint density at radius 3 is 2.72 bits per heavy atom. The summed E-state index contributed by atoms with van der Waals surface area (Å²) >= 11 is 1.15. The van der Waals surface area contributed by atoms with Gasteiger partial charge in [0.25, 0.3) is 10.0 Å². The molecule has 9 heteroatoms. The molecule has 1 aromatic heterocycles. The molecule has 1 aromatic carbocycles. The van der Waals surface area contributed by atoms with Crippen LogP contribution < -0.4 is 9.62 Å². The van der Waals surface area contributed by atoms with Crippen LogP contribution in [0.15, 0.2) is 46.8 Å². The predicted molar refractivity (Wildman–Crippen MR) is 95.5 cm³/mol. The number of nitrogens with zero attached hydrogens (tertiary/aromatic N) is 1. The summed E-state index contributed by atoms with van der Waals surface area (Å²) < 4.78 is 31.0. The molecule has 0 atom stereocenters. The normalized spacial score (nSPS) is 17.3. The van der Waals surface area contributed by atoms with Crippen molar-refractivity contribution in [1.82, 2.24) is 0 Å². The maximum atomic E-state index is 12.6. The van der Waals surface area contributed by atoms with E-state index in [9.17, 15) is 18.0 Å². The molecular formula is C16H14N2O5S2. The second kappa shape index (κ2) is 6.34. The van der Waals surface area contributed by atoms with E-state index in [-0.39, 0.29) is 4.88 Å². The maximum Gasteiger partial charge on any atom is 0.350 e. The van der Waals surface area contributed by atoms with E-state index in [1.807, 2.05) is 0 Å². The van der Waals surface area contributed by atoms with Crippen molar-refractivity contribution < 1.29 is 22.7 Å². The van der Waals surface area contributed by atoms with Crippen molar-refractivity contribution >= 4 is 44.5 Å². The van der Waals surface area contributed by atoms with Crippen LogP contribution in [-0.4, -0.2) is 34.3 Å². The Morgan fingerprint density at radius 2 is 2.00 bits per heavy atom. The van der Waals surface area contributed by atoms with Crippen molar-refractivity contribution in [3.63, 3.8) is 0 Å². The molecule has 0 amide bonds. The van der Waals surface area contributed by atoms with Gasteiger partial charge in [0.05, 0.1) is 18.5 Å². The number of hydrogen-bond acceptors (Lipinski definition) is 7. The highest BCUT2D eigenvalue weighted by atomic mass is 32.2. The van der Waals surface area contributed by atoms with Gasteiger partial charge in [0.2, 0.25) is 5.78 Å². The monoisotopic (exact) mass is 378 g/mol. The minimum absolute atomic E-state index is 0.286. The number of carbonyl (C=O) groups is 2. The van der Waals surface area contributed by atoms with Crippen LogP contribution >= 0.6 is 11.3 Å². The van der Waals surface area contributed by atoms with Crippen molar-refractivity contribution in [1.29, 1.82) is 0 Å². The zero-order chi connectivity index (χ0) is 18.2. The summed E-state index contributed by atoms with van der Waals surface area (Å²) in [4.78, 5) is 24.2. The zero-order valence-electron chi connectivity index (χ0n) is 13.3. The van der Waals surface area contributed by atoms with Gasteiger partial charge >= 0.3 is 5.97 Å². The first-order valence-electron chi connectivity index (χ1n) is 7.13. The molecule has 130 valence electrons. The third kappa shape index (κ3) is 2.81. The number of para-hydroxylation sites is 1. The molecule has 2 aromatic rings. The molecule has 0 aliphatic carbocycles. The van der Waals surface area contributed by atoms with Crippen LogP contribution in [0.1, 0.15) is 20.0 Å². The van der Waals surface area contributed by atoms with E-state index >= 15 is 0 Å². The second-order valence-corrected chi connectivity index (χ2v) is 7.98. The first kappa shape index (κ1) is 17.2. The number of ether oxygens (including phenoxy) is 1. The molecule has 0 bridgehead atoms. The molecule has 0 fully saturated rings. The van der Waals surface area contributed by atoms with Gasteiger partial charge in [-0.1, -0.05) is 12.1 Å². The molecule has 1 aliphatic heterocycles. The van der Waals surface area contributed by atoms with E-state index in [1.165, 1.54) is 14.2 Å². The second-order valence-electron chi connectivity index (χ2n) is 5.13. The van der Waals surface area contributed by atoms with Crippen LogP contribution in [0.3, 0.4) is 0 Å². The van der Waals surface area contributed by atoms with Crippen LogP contribution in [0.4, 0.5) is 11.4 Å². The van der Waals surface area contributed by atoms with Crippen LogP contribution in [-0.2, 0) is 14.8 Å². The van der Waals surface area contributed by atoms with Crippen LogP contribution in [0.2, 0.25) is 0 Å². The molecule has 7 nitrogen and oxygen atoms in total. The third-order valence-corrected chi connectivity index (χ3v) is 6.42. The molecule has 2 heterocycles. The van der Waals surface area contributed by atoms with Gasteiger partial charge in [0.1, 0.15) is 4.88 Å². The Balaban J connectivity index is 2.03. The summed E-state index contributed by atoms with van der Waals surface area (Å²) in [7, 11) is -1.34. The number of sulfonamides is 1. The highest BCUT2D eigenvalue weighted by Crippen LogP contribution is 2.34. The molecule has 0 saturated heterocycles. The van der Waals surface area contributed by atoms with Crippen molar-refractivity contribution in [2.24, 2.45) is 0 Å². The molecule has 3 rings (SSSR count). The van der Waals surface area contributed by atoms with Gasteiger partial charge in [-0.25, -0.2) is 13.2 Å². The number of hydrogen-bond donors (Lipinski definition) is 1. The summed E-state index contributed by atoms with van der Waals surface area (Å²) in [5.74, 6) is -1.15. The van der Waals surface area contributed by atoms with E-state index < -0.39 is 26.7 Å². The minimum Gasteiger partial charge on any atom is -0.465 e. The lowest BCUT2D eigenvalue weighted by Gasteiger charge is -2.27. The van der Waals surface area contributed by atoms with Gasteiger partial charge in [-0.2, -0.15) is 0 Å². The number of fused-ring (bicyclic) bond motifs is 1. The van der Waals surface area contributed by atoms with Gasteiger partial charge in [0.15, 0.2) is 4.91 Å². The van der Waals surface area contributed by atoms with E-state index in [1.54, 1.807) is 35.7 Å². The highest BCUT2D eigenvalue weighted by molar-refractivity contribution is 7.97. The lowest BCUT2D eigenvalue weighted by Crippen LogP contribution is -2.36. The van der Waals surface area contributed by atoms with Crippen LogP contribution in [0.5, 0.6) is 0 Å². The smallest absolute Gasteiger partial charge is 0.350 e. The average molecular weight is 378 g/mol. The summed E-state index contributed by atoms with van der Waals surface area (Å²) in [5.41, 5.74) is 0.996. The Morgan fingerprint density at radius 1 is 1.28 bits per heavy atom. The first-order chi connectivity index (χ1) is 11.9. The molecule has 0 spiro atoms. The fraction of sp³-hybridized carbons (Fsp3) is 0.125.